The first-order chi connectivity index (χ1) is 21.3. The number of carbonyl (C=O) groups excluding carboxylic acids is 3. The van der Waals surface area contributed by atoms with Gasteiger partial charge in [0, 0.05) is 18.8 Å². The number of nitrogens with zero attached hydrogens (tertiary/aromatic N) is 2. The average molecular weight is 631 g/mol. The van der Waals surface area contributed by atoms with E-state index < -0.39 is 36.4 Å². The summed E-state index contributed by atoms with van der Waals surface area (Å²) in [6.45, 7) is 11.2. The summed E-state index contributed by atoms with van der Waals surface area (Å²) >= 11 is 0. The maximum atomic E-state index is 12.6. The predicted molar refractivity (Wildman–Crippen MR) is 166 cm³/mol. The maximum absolute atomic E-state index is 12.6. The molecule has 0 saturated heterocycles. The zero-order valence-electron chi connectivity index (χ0n) is 27.4. The number of allylic oxidation sites excluding steroid dienone is 2. The fourth-order valence-electron chi connectivity index (χ4n) is 5.96. The molecule has 0 aliphatic heterocycles. The number of hydrogen-bond acceptors (Lipinski definition) is 11. The van der Waals surface area contributed by atoms with E-state index in [1.807, 2.05) is 32.9 Å². The van der Waals surface area contributed by atoms with Crippen LogP contribution < -0.4 is 0 Å². The maximum Gasteiger partial charge on any atom is 0.358 e. The summed E-state index contributed by atoms with van der Waals surface area (Å²) in [4.78, 5) is 45.7. The second-order valence-electron chi connectivity index (χ2n) is 12.5. The third kappa shape index (κ3) is 10.4. The highest BCUT2D eigenvalue weighted by Gasteiger charge is 2.42. The Bertz CT molecular complexity index is 1250. The predicted octanol–water partition coefficient (Wildman–Crippen LogP) is 3.86. The number of aromatic nitrogens is 2. The number of aryl methyl sites for hydroxylation is 3. The van der Waals surface area contributed by atoms with Crippen LogP contribution in [0, 0.1) is 44.4 Å². The molecule has 1 unspecified atom stereocenters. The molecule has 45 heavy (non-hydrogen) atoms. The lowest BCUT2D eigenvalue weighted by Crippen LogP contribution is -2.43. The van der Waals surface area contributed by atoms with Crippen LogP contribution in [0.25, 0.3) is 0 Å². The van der Waals surface area contributed by atoms with Crippen molar-refractivity contribution in [3.05, 3.63) is 46.6 Å². The second kappa shape index (κ2) is 17.0. The lowest BCUT2D eigenvalue weighted by Gasteiger charge is -2.43. The Morgan fingerprint density at radius 1 is 1.02 bits per heavy atom. The highest BCUT2D eigenvalue weighted by Crippen LogP contribution is 2.44. The van der Waals surface area contributed by atoms with Crippen LogP contribution in [0.2, 0.25) is 0 Å². The molecule has 1 aromatic heterocycles. The number of carbonyl (C=O) groups is 3. The average Bonchev–Trinajstić information content (AvgIpc) is 2.97. The highest BCUT2D eigenvalue weighted by atomic mass is 16.6. The minimum Gasteiger partial charge on any atom is -0.465 e. The fraction of sp³-hybridized carbons (Fsp3) is 0.676. The van der Waals surface area contributed by atoms with E-state index in [2.05, 4.69) is 23.0 Å². The zero-order chi connectivity index (χ0) is 33.3. The van der Waals surface area contributed by atoms with Crippen LogP contribution in [0.15, 0.2) is 23.8 Å². The van der Waals surface area contributed by atoms with E-state index in [9.17, 15) is 29.7 Å². The minimum absolute atomic E-state index is 0.0124. The summed E-state index contributed by atoms with van der Waals surface area (Å²) in [6, 6.07) is 0. The summed E-state index contributed by atoms with van der Waals surface area (Å²) in [7, 11) is 0. The van der Waals surface area contributed by atoms with Crippen molar-refractivity contribution in [1.29, 1.82) is 0 Å². The van der Waals surface area contributed by atoms with E-state index in [4.69, 9.17) is 14.2 Å². The van der Waals surface area contributed by atoms with Crippen LogP contribution >= 0.6 is 0 Å². The van der Waals surface area contributed by atoms with Crippen molar-refractivity contribution in [3.8, 4) is 0 Å². The first-order valence-electron chi connectivity index (χ1n) is 16.1. The Morgan fingerprint density at radius 2 is 1.71 bits per heavy atom. The van der Waals surface area contributed by atoms with Gasteiger partial charge >= 0.3 is 17.9 Å². The van der Waals surface area contributed by atoms with Crippen molar-refractivity contribution in [2.45, 2.75) is 111 Å². The summed E-state index contributed by atoms with van der Waals surface area (Å²) in [5.41, 5.74) is 2.98. The van der Waals surface area contributed by atoms with Gasteiger partial charge in [-0.05, 0) is 63.9 Å². The van der Waals surface area contributed by atoms with Crippen LogP contribution in [-0.4, -0.2) is 80.8 Å². The van der Waals surface area contributed by atoms with Crippen molar-refractivity contribution in [3.63, 3.8) is 0 Å². The molecule has 1 aromatic rings. The molecular weight excluding hydrogens is 580 g/mol. The van der Waals surface area contributed by atoms with Gasteiger partial charge < -0.3 is 29.5 Å². The van der Waals surface area contributed by atoms with Crippen LogP contribution in [0.5, 0.6) is 0 Å². The summed E-state index contributed by atoms with van der Waals surface area (Å²) < 4.78 is 16.3. The molecule has 0 saturated carbocycles. The Balaban J connectivity index is 1.41. The van der Waals surface area contributed by atoms with Crippen LogP contribution in [0.4, 0.5) is 0 Å². The number of rotatable bonds is 15. The van der Waals surface area contributed by atoms with Crippen LogP contribution in [0.1, 0.15) is 93.3 Å². The summed E-state index contributed by atoms with van der Waals surface area (Å²) in [6.07, 6.45) is 4.87. The monoisotopic (exact) mass is 630 g/mol. The third-order valence-corrected chi connectivity index (χ3v) is 8.89. The number of hydrogen-bond donors (Lipinski definition) is 3. The van der Waals surface area contributed by atoms with Gasteiger partial charge in [-0.25, -0.2) is 9.78 Å². The molecule has 0 fully saturated rings. The van der Waals surface area contributed by atoms with E-state index in [-0.39, 0.29) is 67.8 Å². The molecule has 11 nitrogen and oxygen atoms in total. The standard InChI is InChI=1S/C34H50N2O9/c1-7-19(2)33(41)45-29-17-26(38)15-24-10-9-20(3)28(31(24)29)12-11-25(37)16-27(39)18-30(40)43-13-8-14-44-34(42)32-23(6)35-21(4)22(5)36-32/h9-10,15,19-20,25-29,31,37-39H,7-8,11-14,16-18H2,1-6H3/t19-,20-,25+,26+,27+,28-,29-,31?/m0/s1. The lowest BCUT2D eigenvalue weighted by molar-refractivity contribution is -0.159. The largest absolute Gasteiger partial charge is 0.465 e. The van der Waals surface area contributed by atoms with Crippen molar-refractivity contribution in [2.75, 3.05) is 13.2 Å². The van der Waals surface area contributed by atoms with Gasteiger partial charge in [-0.2, -0.15) is 0 Å². The first-order valence-corrected chi connectivity index (χ1v) is 16.1. The van der Waals surface area contributed by atoms with Crippen LogP contribution in [0.3, 0.4) is 0 Å². The van der Waals surface area contributed by atoms with Crippen LogP contribution in [-0.2, 0) is 23.8 Å². The first kappa shape index (κ1) is 36.3. The lowest BCUT2D eigenvalue weighted by atomic mass is 9.66. The molecule has 0 bridgehead atoms. The van der Waals surface area contributed by atoms with E-state index >= 15 is 0 Å². The van der Waals surface area contributed by atoms with Gasteiger partial charge in [-0.15, -0.1) is 0 Å². The molecule has 0 radical (unpaired) electrons. The van der Waals surface area contributed by atoms with Gasteiger partial charge in [0.25, 0.3) is 0 Å². The SMILES string of the molecule is CC[C@H](C)C(=O)O[C@H]1C[C@H](O)C=C2C=C[C@H](C)[C@H](CC[C@@H](O)C[C@@H](O)CC(=O)OCCCOC(=O)c3nc(C)c(C)nc3C)C21. The molecule has 2 aliphatic rings. The smallest absolute Gasteiger partial charge is 0.358 e. The molecule has 0 aromatic carbocycles. The summed E-state index contributed by atoms with van der Waals surface area (Å²) in [5.74, 6) is -1.55. The van der Waals surface area contributed by atoms with E-state index in [0.29, 0.717) is 37.1 Å². The fourth-order valence-corrected chi connectivity index (χ4v) is 5.96. The van der Waals surface area contributed by atoms with Gasteiger partial charge in [0.15, 0.2) is 5.69 Å². The second-order valence-corrected chi connectivity index (χ2v) is 12.5. The summed E-state index contributed by atoms with van der Waals surface area (Å²) in [5, 5.41) is 31.6. The van der Waals surface area contributed by atoms with Crippen molar-refractivity contribution in [2.24, 2.45) is 23.7 Å². The Hall–Kier alpha value is -3.15. The Labute approximate surface area is 266 Å². The number of ether oxygens (including phenoxy) is 3. The van der Waals surface area contributed by atoms with Crippen molar-refractivity contribution < 1.29 is 43.9 Å². The molecule has 250 valence electrons. The van der Waals surface area contributed by atoms with Gasteiger partial charge in [-0.1, -0.05) is 39.0 Å². The molecule has 11 heteroatoms. The molecule has 3 rings (SSSR count). The number of aliphatic hydroxyl groups is 3. The number of fused-ring (bicyclic) bond motifs is 1. The third-order valence-electron chi connectivity index (χ3n) is 8.89. The molecule has 8 atom stereocenters. The zero-order valence-corrected chi connectivity index (χ0v) is 27.4. The van der Waals surface area contributed by atoms with E-state index in [0.717, 1.165) is 11.3 Å². The molecule has 0 spiro atoms. The van der Waals surface area contributed by atoms with Crippen molar-refractivity contribution in [1.82, 2.24) is 9.97 Å². The number of aliphatic hydroxyl groups excluding tert-OH is 3. The van der Waals surface area contributed by atoms with Crippen molar-refractivity contribution >= 4 is 17.9 Å². The van der Waals surface area contributed by atoms with Gasteiger partial charge in [-0.3, -0.25) is 14.6 Å². The minimum atomic E-state index is -1.08. The normalized spacial score (nSPS) is 24.6. The van der Waals surface area contributed by atoms with Gasteiger partial charge in [0.1, 0.15) is 6.10 Å². The van der Waals surface area contributed by atoms with Gasteiger partial charge in [0.05, 0.1) is 60.9 Å². The van der Waals surface area contributed by atoms with E-state index in [1.54, 1.807) is 13.8 Å². The molecule has 0 amide bonds. The number of esters is 3. The molecule has 1 heterocycles. The Kier molecular flexibility index (Phi) is 13.7. The quantitative estimate of drug-likeness (QED) is 0.146. The topological polar surface area (TPSA) is 165 Å². The van der Waals surface area contributed by atoms with E-state index in [1.165, 1.54) is 0 Å². The highest BCUT2D eigenvalue weighted by molar-refractivity contribution is 5.88. The van der Waals surface area contributed by atoms with Gasteiger partial charge in [0.2, 0.25) is 0 Å². The molecule has 2 aliphatic carbocycles. The Morgan fingerprint density at radius 3 is 2.42 bits per heavy atom. The molecular formula is C34H50N2O9. The molecule has 3 N–H and O–H groups in total.